The van der Waals surface area contributed by atoms with Gasteiger partial charge in [0.1, 0.15) is 5.52 Å². The average Bonchev–Trinajstić information content (AvgIpc) is 2.83. The molecule has 0 spiro atoms. The number of aliphatic carboxylic acids is 1. The molecule has 0 saturated carbocycles. The molecule has 0 amide bonds. The summed E-state index contributed by atoms with van der Waals surface area (Å²) in [5, 5.41) is 13.9. The molecule has 108 valence electrons. The molecule has 0 aromatic carbocycles. The Labute approximate surface area is 121 Å². The van der Waals surface area contributed by atoms with Gasteiger partial charge in [-0.25, -0.2) is 4.98 Å². The summed E-state index contributed by atoms with van der Waals surface area (Å²) >= 11 is 1.24. The monoisotopic (exact) mass is 294 g/mol. The maximum atomic E-state index is 10.8. The second kappa shape index (κ2) is 5.70. The Hall–Kier alpha value is -1.76. The van der Waals surface area contributed by atoms with E-state index < -0.39 is 5.97 Å². The van der Waals surface area contributed by atoms with Gasteiger partial charge in [0.25, 0.3) is 0 Å². The minimum atomic E-state index is -0.842. The molecule has 2 aromatic rings. The molecule has 0 fully saturated rings. The predicted octanol–water partition coefficient (Wildman–Crippen LogP) is 2.22. The molecular formula is C13H18N4O2S. The van der Waals surface area contributed by atoms with Crippen LogP contribution in [0, 0.1) is 6.92 Å². The van der Waals surface area contributed by atoms with Gasteiger partial charge in [-0.1, -0.05) is 23.4 Å². The van der Waals surface area contributed by atoms with Crippen LogP contribution >= 0.6 is 11.8 Å². The number of carboxylic acid groups (broad SMARTS) is 1. The van der Waals surface area contributed by atoms with Gasteiger partial charge in [0.05, 0.1) is 11.4 Å². The first kappa shape index (κ1) is 14.6. The molecule has 0 aliphatic carbocycles. The summed E-state index contributed by atoms with van der Waals surface area (Å²) in [6.45, 7) is 6.64. The third kappa shape index (κ3) is 2.87. The van der Waals surface area contributed by atoms with Crippen molar-refractivity contribution in [2.24, 2.45) is 7.05 Å². The van der Waals surface area contributed by atoms with Gasteiger partial charge in [-0.3, -0.25) is 14.0 Å². The van der Waals surface area contributed by atoms with E-state index in [-0.39, 0.29) is 5.75 Å². The topological polar surface area (TPSA) is 72.9 Å². The maximum absolute atomic E-state index is 10.8. The Balaban J connectivity index is 2.48. The second-order valence-corrected chi connectivity index (χ2v) is 5.79. The quantitative estimate of drug-likeness (QED) is 0.676. The lowest BCUT2D eigenvalue weighted by molar-refractivity contribution is -0.133. The number of aromatic nitrogens is 4. The van der Waals surface area contributed by atoms with Gasteiger partial charge in [-0.05, 0) is 20.8 Å². The van der Waals surface area contributed by atoms with Crippen molar-refractivity contribution in [3.8, 4) is 0 Å². The number of thioether (sulfide) groups is 1. The summed E-state index contributed by atoms with van der Waals surface area (Å²) in [6.07, 6.45) is 2.09. The second-order valence-electron chi connectivity index (χ2n) is 4.85. The molecule has 0 saturated heterocycles. The van der Waals surface area contributed by atoms with Crippen molar-refractivity contribution < 1.29 is 9.90 Å². The van der Waals surface area contributed by atoms with Crippen LogP contribution in [0.5, 0.6) is 0 Å². The molecule has 0 unspecified atom stereocenters. The van der Waals surface area contributed by atoms with E-state index in [2.05, 4.69) is 16.2 Å². The summed E-state index contributed by atoms with van der Waals surface area (Å²) in [6, 6.07) is 0. The lowest BCUT2D eigenvalue weighted by atomic mass is 10.3. The van der Waals surface area contributed by atoms with Gasteiger partial charge in [0, 0.05) is 13.6 Å². The number of carbonyl (C=O) groups is 1. The van der Waals surface area contributed by atoms with Crippen LogP contribution in [0.3, 0.4) is 0 Å². The van der Waals surface area contributed by atoms with E-state index in [1.54, 1.807) is 4.68 Å². The fourth-order valence-corrected chi connectivity index (χ4v) is 2.71. The third-order valence-corrected chi connectivity index (χ3v) is 3.82. The Morgan fingerprint density at radius 1 is 1.45 bits per heavy atom. The van der Waals surface area contributed by atoms with Crippen molar-refractivity contribution >= 4 is 28.9 Å². The van der Waals surface area contributed by atoms with E-state index in [9.17, 15) is 4.79 Å². The Bertz CT molecular complexity index is 680. The summed E-state index contributed by atoms with van der Waals surface area (Å²) < 4.78 is 3.80. The minimum absolute atomic E-state index is 0.00458. The molecule has 0 aliphatic rings. The van der Waals surface area contributed by atoms with Gasteiger partial charge in [-0.2, -0.15) is 5.10 Å². The van der Waals surface area contributed by atoms with E-state index in [1.807, 2.05) is 32.4 Å². The van der Waals surface area contributed by atoms with Crippen molar-refractivity contribution in [3.63, 3.8) is 0 Å². The van der Waals surface area contributed by atoms with E-state index in [1.165, 1.54) is 17.3 Å². The Morgan fingerprint density at radius 2 is 2.15 bits per heavy atom. The minimum Gasteiger partial charge on any atom is -0.481 e. The normalized spacial score (nSPS) is 11.0. The first-order valence-electron chi connectivity index (χ1n) is 6.28. The van der Waals surface area contributed by atoms with Crippen LogP contribution in [-0.2, 0) is 18.4 Å². The van der Waals surface area contributed by atoms with Crippen LogP contribution in [0.1, 0.15) is 19.5 Å². The molecule has 0 bridgehead atoms. The molecule has 2 heterocycles. The van der Waals surface area contributed by atoms with Crippen LogP contribution in [-0.4, -0.2) is 36.2 Å². The van der Waals surface area contributed by atoms with Gasteiger partial charge in [0.2, 0.25) is 0 Å². The van der Waals surface area contributed by atoms with Crippen LogP contribution in [0.15, 0.2) is 16.8 Å². The molecule has 2 aromatic heterocycles. The lowest BCUT2D eigenvalue weighted by Crippen LogP contribution is -2.05. The van der Waals surface area contributed by atoms with Gasteiger partial charge in [-0.15, -0.1) is 0 Å². The number of hydrogen-bond donors (Lipinski definition) is 1. The zero-order valence-electron chi connectivity index (χ0n) is 12.0. The first-order valence-corrected chi connectivity index (χ1v) is 7.26. The van der Waals surface area contributed by atoms with Crippen molar-refractivity contribution in [1.82, 2.24) is 19.3 Å². The Kier molecular flexibility index (Phi) is 4.17. The van der Waals surface area contributed by atoms with Crippen LogP contribution in [0.4, 0.5) is 0 Å². The number of hydrogen-bond acceptors (Lipinski definition) is 4. The fourth-order valence-electron chi connectivity index (χ4n) is 1.99. The third-order valence-electron chi connectivity index (χ3n) is 2.86. The number of fused-ring (bicyclic) bond motifs is 1. The summed E-state index contributed by atoms with van der Waals surface area (Å²) in [7, 11) is 1.88. The maximum Gasteiger partial charge on any atom is 0.313 e. The highest BCUT2D eigenvalue weighted by molar-refractivity contribution is 7.99. The van der Waals surface area contributed by atoms with Gasteiger partial charge >= 0.3 is 5.97 Å². The largest absolute Gasteiger partial charge is 0.481 e. The molecular weight excluding hydrogens is 276 g/mol. The average molecular weight is 294 g/mol. The summed E-state index contributed by atoms with van der Waals surface area (Å²) in [5.74, 6) is -0.837. The van der Waals surface area contributed by atoms with Gasteiger partial charge < -0.3 is 5.11 Å². The summed E-state index contributed by atoms with van der Waals surface area (Å²) in [5.41, 5.74) is 3.82. The lowest BCUT2D eigenvalue weighted by Gasteiger charge is -2.06. The molecule has 1 N–H and O–H groups in total. The molecule has 2 rings (SSSR count). The van der Waals surface area contributed by atoms with Crippen molar-refractivity contribution in [2.75, 3.05) is 5.75 Å². The van der Waals surface area contributed by atoms with Crippen LogP contribution in [0.2, 0.25) is 0 Å². The van der Waals surface area contributed by atoms with Crippen molar-refractivity contribution in [3.05, 3.63) is 17.3 Å². The van der Waals surface area contributed by atoms with E-state index in [4.69, 9.17) is 5.11 Å². The number of nitrogens with zero attached hydrogens (tertiary/aromatic N) is 4. The van der Waals surface area contributed by atoms with Gasteiger partial charge in [0.15, 0.2) is 10.8 Å². The van der Waals surface area contributed by atoms with Crippen LogP contribution < -0.4 is 0 Å². The highest BCUT2D eigenvalue weighted by atomic mass is 32.2. The zero-order chi connectivity index (χ0) is 14.9. The Morgan fingerprint density at radius 3 is 2.75 bits per heavy atom. The molecule has 6 nitrogen and oxygen atoms in total. The first-order chi connectivity index (χ1) is 9.40. The van der Waals surface area contributed by atoms with E-state index in [0.717, 1.165) is 22.0 Å². The van der Waals surface area contributed by atoms with E-state index >= 15 is 0 Å². The highest BCUT2D eigenvalue weighted by Gasteiger charge is 2.17. The standard InChI is InChI=1S/C13H18N4O2S/c1-8(2)5-6-17-12-11(9(3)15-16(12)4)14-13(17)20-7-10(18)19/h5H,6-7H2,1-4H3,(H,18,19). The highest BCUT2D eigenvalue weighted by Crippen LogP contribution is 2.25. The predicted molar refractivity (Wildman–Crippen MR) is 79.0 cm³/mol. The molecule has 20 heavy (non-hydrogen) atoms. The fraction of sp³-hybridized carbons (Fsp3) is 0.462. The molecule has 7 heteroatoms. The number of carboxylic acids is 1. The number of imidazole rings is 1. The zero-order valence-corrected chi connectivity index (χ0v) is 12.9. The van der Waals surface area contributed by atoms with Crippen molar-refractivity contribution in [1.29, 1.82) is 0 Å². The molecule has 0 radical (unpaired) electrons. The SMILES string of the molecule is CC(C)=CCn1c(SCC(=O)O)nc2c(C)nn(C)c21. The van der Waals surface area contributed by atoms with E-state index in [0.29, 0.717) is 6.54 Å². The van der Waals surface area contributed by atoms with Crippen LogP contribution in [0.25, 0.3) is 11.2 Å². The number of aryl methyl sites for hydroxylation is 2. The summed E-state index contributed by atoms with van der Waals surface area (Å²) in [4.78, 5) is 15.3. The van der Waals surface area contributed by atoms with Crippen molar-refractivity contribution in [2.45, 2.75) is 32.5 Å². The number of rotatable bonds is 5. The molecule has 0 atom stereocenters. The number of allylic oxidation sites excluding steroid dienone is 2. The molecule has 0 aliphatic heterocycles. The smallest absolute Gasteiger partial charge is 0.313 e.